The van der Waals surface area contributed by atoms with E-state index in [1.807, 2.05) is 60.1 Å². The first kappa shape index (κ1) is 19.7. The highest BCUT2D eigenvalue weighted by molar-refractivity contribution is 7.17. The normalized spacial score (nSPS) is 10.8. The molecule has 2 aromatic heterocycles. The lowest BCUT2D eigenvalue weighted by Crippen LogP contribution is -2.41. The summed E-state index contributed by atoms with van der Waals surface area (Å²) in [6.07, 6.45) is 1.74. The summed E-state index contributed by atoms with van der Waals surface area (Å²) in [5, 5.41) is 1.54. The molecular weight excluding hydrogens is 400 g/mol. The molecule has 0 radical (unpaired) electrons. The minimum atomic E-state index is -0.404. The van der Waals surface area contributed by atoms with Crippen LogP contribution in [0.4, 0.5) is 0 Å². The highest BCUT2D eigenvalue weighted by Crippen LogP contribution is 2.29. The molecule has 2 N–H and O–H groups in total. The van der Waals surface area contributed by atoms with Gasteiger partial charge >= 0.3 is 0 Å². The Labute approximate surface area is 177 Å². The number of methoxy groups -OCH3 is 1. The van der Waals surface area contributed by atoms with E-state index in [2.05, 4.69) is 15.8 Å². The van der Waals surface area contributed by atoms with Gasteiger partial charge in [0, 0.05) is 29.7 Å². The maximum atomic E-state index is 12.6. The average molecular weight is 420 g/mol. The molecule has 2 heterocycles. The van der Waals surface area contributed by atoms with Crippen LogP contribution in [0.3, 0.4) is 0 Å². The van der Waals surface area contributed by atoms with E-state index in [4.69, 9.17) is 4.74 Å². The minimum Gasteiger partial charge on any atom is -0.497 e. The van der Waals surface area contributed by atoms with E-state index < -0.39 is 5.91 Å². The Balaban J connectivity index is 1.48. The summed E-state index contributed by atoms with van der Waals surface area (Å²) in [6.45, 7) is 1.77. The molecule has 0 saturated heterocycles. The zero-order chi connectivity index (χ0) is 21.3. The molecule has 0 fully saturated rings. The Kier molecular flexibility index (Phi) is 5.24. The van der Waals surface area contributed by atoms with Crippen LogP contribution in [0.15, 0.2) is 54.7 Å². The van der Waals surface area contributed by atoms with Crippen LogP contribution in [-0.4, -0.2) is 28.5 Å². The lowest BCUT2D eigenvalue weighted by molar-refractivity contribution is 0.0849. The zero-order valence-electron chi connectivity index (χ0n) is 16.7. The first-order chi connectivity index (χ1) is 14.5. The van der Waals surface area contributed by atoms with Gasteiger partial charge in [0.2, 0.25) is 0 Å². The number of thiazole rings is 1. The van der Waals surface area contributed by atoms with Crippen molar-refractivity contribution in [2.45, 2.75) is 6.92 Å². The van der Waals surface area contributed by atoms with Crippen molar-refractivity contribution in [1.29, 1.82) is 0 Å². The van der Waals surface area contributed by atoms with Crippen LogP contribution in [0, 0.1) is 6.92 Å². The molecule has 0 saturated carbocycles. The fourth-order valence-corrected chi connectivity index (χ4v) is 4.19. The molecule has 0 bridgehead atoms. The Morgan fingerprint density at radius 1 is 1.03 bits per heavy atom. The molecular formula is C22H20N4O3S. The molecule has 0 spiro atoms. The van der Waals surface area contributed by atoms with Crippen LogP contribution >= 0.6 is 11.3 Å². The third kappa shape index (κ3) is 3.65. The zero-order valence-corrected chi connectivity index (χ0v) is 17.5. The number of nitrogens with one attached hydrogen (secondary N) is 2. The van der Waals surface area contributed by atoms with Crippen LogP contribution in [-0.2, 0) is 7.05 Å². The molecule has 7 nitrogen and oxygen atoms in total. The maximum Gasteiger partial charge on any atom is 0.281 e. The van der Waals surface area contributed by atoms with Gasteiger partial charge in [0.25, 0.3) is 11.8 Å². The monoisotopic (exact) mass is 420 g/mol. The summed E-state index contributed by atoms with van der Waals surface area (Å²) >= 11 is 1.27. The number of hydrogen-bond donors (Lipinski definition) is 2. The van der Waals surface area contributed by atoms with Crippen molar-refractivity contribution in [2.24, 2.45) is 7.05 Å². The van der Waals surface area contributed by atoms with Crippen LogP contribution in [0.5, 0.6) is 5.75 Å². The molecule has 2 aromatic carbocycles. The number of benzene rings is 2. The fraction of sp³-hybridized carbons (Fsp3) is 0.136. The summed E-state index contributed by atoms with van der Waals surface area (Å²) in [5.41, 5.74) is 7.93. The van der Waals surface area contributed by atoms with Gasteiger partial charge in [-0.3, -0.25) is 20.4 Å². The maximum absolute atomic E-state index is 12.6. The van der Waals surface area contributed by atoms with Crippen molar-refractivity contribution in [3.05, 3.63) is 70.9 Å². The number of carbonyl (C=O) groups is 2. The van der Waals surface area contributed by atoms with Gasteiger partial charge in [0.15, 0.2) is 0 Å². The Bertz CT molecular complexity index is 1240. The molecule has 152 valence electrons. The van der Waals surface area contributed by atoms with Gasteiger partial charge < -0.3 is 9.30 Å². The van der Waals surface area contributed by atoms with E-state index in [9.17, 15) is 9.59 Å². The molecule has 8 heteroatoms. The molecule has 0 unspecified atom stereocenters. The standard InChI is InChI=1S/C22H20N4O3S/c1-13-19(30-22(23-13)14-8-10-15(29-3)11-9-14)21(28)25-24-20(27)17-12-26(2)18-7-5-4-6-16(17)18/h4-12H,1-3H3,(H,24,27)(H,25,28). The number of ether oxygens (including phenoxy) is 1. The molecule has 0 aliphatic heterocycles. The topological polar surface area (TPSA) is 85.2 Å². The van der Waals surface area contributed by atoms with Gasteiger partial charge in [-0.15, -0.1) is 11.3 Å². The highest BCUT2D eigenvalue weighted by Gasteiger charge is 2.18. The SMILES string of the molecule is COc1ccc(-c2nc(C)c(C(=O)NNC(=O)c3cn(C)c4ccccc34)s2)cc1. The summed E-state index contributed by atoms with van der Waals surface area (Å²) in [6, 6.07) is 15.1. The van der Waals surface area contributed by atoms with Crippen molar-refractivity contribution < 1.29 is 14.3 Å². The number of nitrogens with zero attached hydrogens (tertiary/aromatic N) is 2. The van der Waals surface area contributed by atoms with Gasteiger partial charge in [0.1, 0.15) is 15.6 Å². The molecule has 30 heavy (non-hydrogen) atoms. The van der Waals surface area contributed by atoms with Crippen LogP contribution in [0.2, 0.25) is 0 Å². The van der Waals surface area contributed by atoms with Crippen molar-refractivity contribution in [3.63, 3.8) is 0 Å². The van der Waals surface area contributed by atoms with Crippen molar-refractivity contribution in [2.75, 3.05) is 7.11 Å². The number of fused-ring (bicyclic) bond motifs is 1. The van der Waals surface area contributed by atoms with E-state index >= 15 is 0 Å². The number of amides is 2. The number of hydrogen-bond acceptors (Lipinski definition) is 5. The lowest BCUT2D eigenvalue weighted by Gasteiger charge is -2.06. The Morgan fingerprint density at radius 3 is 2.47 bits per heavy atom. The molecule has 4 aromatic rings. The molecule has 2 amide bonds. The third-order valence-electron chi connectivity index (χ3n) is 4.77. The van der Waals surface area contributed by atoms with E-state index in [-0.39, 0.29) is 5.91 Å². The van der Waals surface area contributed by atoms with Crippen LogP contribution in [0.25, 0.3) is 21.5 Å². The van der Waals surface area contributed by atoms with Gasteiger partial charge in [-0.1, -0.05) is 18.2 Å². The Hall–Kier alpha value is -3.65. The first-order valence-corrected chi connectivity index (χ1v) is 10.1. The van der Waals surface area contributed by atoms with Gasteiger partial charge in [-0.2, -0.15) is 0 Å². The average Bonchev–Trinajstić information content (AvgIpc) is 3.32. The predicted molar refractivity (Wildman–Crippen MR) is 117 cm³/mol. The number of rotatable bonds is 4. The number of aromatic nitrogens is 2. The van der Waals surface area contributed by atoms with Crippen LogP contribution < -0.4 is 15.6 Å². The van der Waals surface area contributed by atoms with E-state index in [1.54, 1.807) is 20.2 Å². The molecule has 0 aliphatic rings. The Morgan fingerprint density at radius 2 is 1.73 bits per heavy atom. The quantitative estimate of drug-likeness (QED) is 0.493. The number of para-hydroxylation sites is 1. The van der Waals surface area contributed by atoms with Crippen molar-refractivity contribution in [1.82, 2.24) is 20.4 Å². The minimum absolute atomic E-state index is 0.377. The molecule has 0 atom stereocenters. The van der Waals surface area contributed by atoms with Gasteiger partial charge in [-0.05, 0) is 37.3 Å². The second kappa shape index (κ2) is 8.00. The molecule has 4 rings (SSSR count). The van der Waals surface area contributed by atoms with Gasteiger partial charge in [0.05, 0.1) is 18.4 Å². The number of hydrazine groups is 1. The number of carbonyl (C=O) groups excluding carboxylic acids is 2. The second-order valence-corrected chi connectivity index (χ2v) is 7.74. The predicted octanol–water partition coefficient (Wildman–Crippen LogP) is 3.69. The van der Waals surface area contributed by atoms with Gasteiger partial charge in [-0.25, -0.2) is 4.98 Å². The van der Waals surface area contributed by atoms with Crippen molar-refractivity contribution >= 4 is 34.1 Å². The third-order valence-corrected chi connectivity index (χ3v) is 5.98. The molecule has 0 aliphatic carbocycles. The van der Waals surface area contributed by atoms with Crippen molar-refractivity contribution in [3.8, 4) is 16.3 Å². The highest BCUT2D eigenvalue weighted by atomic mass is 32.1. The lowest BCUT2D eigenvalue weighted by atomic mass is 10.2. The smallest absolute Gasteiger partial charge is 0.281 e. The van der Waals surface area contributed by atoms with E-state index in [1.165, 1.54) is 11.3 Å². The second-order valence-electron chi connectivity index (χ2n) is 6.74. The summed E-state index contributed by atoms with van der Waals surface area (Å²) in [4.78, 5) is 30.2. The summed E-state index contributed by atoms with van der Waals surface area (Å²) < 4.78 is 7.04. The van der Waals surface area contributed by atoms with Crippen LogP contribution in [0.1, 0.15) is 25.7 Å². The summed E-state index contributed by atoms with van der Waals surface area (Å²) in [5.74, 6) is -0.0304. The number of aryl methyl sites for hydroxylation is 2. The summed E-state index contributed by atoms with van der Waals surface area (Å²) in [7, 11) is 3.48. The largest absolute Gasteiger partial charge is 0.497 e. The first-order valence-electron chi connectivity index (χ1n) is 9.24. The van der Waals surface area contributed by atoms with E-state index in [0.29, 0.717) is 16.1 Å². The fourth-order valence-electron chi connectivity index (χ4n) is 3.22. The van der Waals surface area contributed by atoms with E-state index in [0.717, 1.165) is 27.2 Å².